The molecule has 0 saturated carbocycles. The second-order valence-corrected chi connectivity index (χ2v) is 5.43. The van der Waals surface area contributed by atoms with Crippen LogP contribution in [0.2, 0.25) is 5.02 Å². The summed E-state index contributed by atoms with van der Waals surface area (Å²) in [5.74, 6) is 1.49. The fourth-order valence-corrected chi connectivity index (χ4v) is 2.41. The normalized spacial score (nSPS) is 10.5. The summed E-state index contributed by atoms with van der Waals surface area (Å²) in [5, 5.41) is 3.74. The van der Waals surface area contributed by atoms with Crippen LogP contribution in [0.4, 0.5) is 17.3 Å². The number of halogens is 2. The lowest BCUT2D eigenvalue weighted by molar-refractivity contribution is 0.178. The van der Waals surface area contributed by atoms with E-state index in [-0.39, 0.29) is 0 Å². The largest absolute Gasteiger partial charge is 0.384 e. The Kier molecular flexibility index (Phi) is 4.78. The van der Waals surface area contributed by atoms with Gasteiger partial charge in [0.2, 0.25) is 0 Å². The molecule has 0 atom stereocenters. The SMILES string of the molecule is COCc1nc(N)cc(Nc2ccc(I)cc2Cl)n1. The Morgan fingerprint density at radius 2 is 2.16 bits per heavy atom. The van der Waals surface area contributed by atoms with Crippen LogP contribution in [0.15, 0.2) is 24.3 Å². The molecule has 0 unspecified atom stereocenters. The van der Waals surface area contributed by atoms with E-state index < -0.39 is 0 Å². The van der Waals surface area contributed by atoms with Gasteiger partial charge in [0.25, 0.3) is 0 Å². The van der Waals surface area contributed by atoms with Crippen LogP contribution in [-0.4, -0.2) is 17.1 Å². The van der Waals surface area contributed by atoms with Crippen molar-refractivity contribution in [1.82, 2.24) is 9.97 Å². The van der Waals surface area contributed by atoms with Gasteiger partial charge in [-0.25, -0.2) is 9.97 Å². The van der Waals surface area contributed by atoms with Crippen molar-refractivity contribution in [3.05, 3.63) is 38.7 Å². The van der Waals surface area contributed by atoms with Crippen molar-refractivity contribution in [3.8, 4) is 0 Å². The highest BCUT2D eigenvalue weighted by molar-refractivity contribution is 14.1. The Bertz CT molecular complexity index is 594. The van der Waals surface area contributed by atoms with Crippen molar-refractivity contribution in [2.45, 2.75) is 6.61 Å². The third-order valence-electron chi connectivity index (χ3n) is 2.26. The van der Waals surface area contributed by atoms with E-state index in [0.29, 0.717) is 29.1 Å². The smallest absolute Gasteiger partial charge is 0.158 e. The number of benzene rings is 1. The number of hydrogen-bond donors (Lipinski definition) is 2. The van der Waals surface area contributed by atoms with Gasteiger partial charge in [0.15, 0.2) is 5.82 Å². The fraction of sp³-hybridized carbons (Fsp3) is 0.167. The Morgan fingerprint density at radius 1 is 1.37 bits per heavy atom. The van der Waals surface area contributed by atoms with Crippen molar-refractivity contribution in [2.75, 3.05) is 18.2 Å². The van der Waals surface area contributed by atoms with Crippen LogP contribution in [0.5, 0.6) is 0 Å². The first-order chi connectivity index (χ1) is 9.08. The maximum atomic E-state index is 6.15. The summed E-state index contributed by atoms with van der Waals surface area (Å²) in [6, 6.07) is 7.35. The summed E-state index contributed by atoms with van der Waals surface area (Å²) in [6.07, 6.45) is 0. The highest BCUT2D eigenvalue weighted by atomic mass is 127. The Morgan fingerprint density at radius 3 is 2.84 bits per heavy atom. The monoisotopic (exact) mass is 390 g/mol. The van der Waals surface area contributed by atoms with E-state index in [1.165, 1.54) is 0 Å². The molecule has 100 valence electrons. The minimum atomic E-state index is 0.306. The van der Waals surface area contributed by atoms with Crippen molar-refractivity contribution in [1.29, 1.82) is 0 Å². The topological polar surface area (TPSA) is 73.1 Å². The number of ether oxygens (including phenoxy) is 1. The number of nitrogens with two attached hydrogens (primary N) is 1. The van der Waals surface area contributed by atoms with Gasteiger partial charge in [-0.1, -0.05) is 11.6 Å². The molecule has 1 aromatic carbocycles. The summed E-state index contributed by atoms with van der Waals surface area (Å²) in [6.45, 7) is 0.306. The molecule has 0 aliphatic carbocycles. The molecular formula is C12H12ClIN4O. The van der Waals surface area contributed by atoms with Gasteiger partial charge in [-0.15, -0.1) is 0 Å². The molecule has 0 bridgehead atoms. The third kappa shape index (κ3) is 3.92. The molecule has 5 nitrogen and oxygen atoms in total. The standard InChI is InChI=1S/C12H12ClIN4O/c1-19-6-12-17-10(15)5-11(18-12)16-9-3-2-7(14)4-8(9)13/h2-5H,6H2,1H3,(H3,15,16,17,18). The van der Waals surface area contributed by atoms with Gasteiger partial charge in [-0.3, -0.25) is 0 Å². The molecule has 0 fully saturated rings. The summed E-state index contributed by atoms with van der Waals surface area (Å²) in [7, 11) is 1.58. The van der Waals surface area contributed by atoms with Crippen molar-refractivity contribution < 1.29 is 4.74 Å². The van der Waals surface area contributed by atoms with Crippen LogP contribution in [0.25, 0.3) is 0 Å². The number of methoxy groups -OCH3 is 1. The maximum Gasteiger partial charge on any atom is 0.158 e. The van der Waals surface area contributed by atoms with Gasteiger partial charge in [0, 0.05) is 16.7 Å². The van der Waals surface area contributed by atoms with Crippen LogP contribution < -0.4 is 11.1 Å². The number of nitrogen functional groups attached to an aromatic ring is 1. The first kappa shape index (κ1) is 14.3. The zero-order valence-corrected chi connectivity index (χ0v) is 13.1. The highest BCUT2D eigenvalue weighted by Gasteiger charge is 2.06. The number of nitrogens with zero attached hydrogens (tertiary/aromatic N) is 2. The number of rotatable bonds is 4. The molecule has 0 aliphatic heterocycles. The van der Waals surface area contributed by atoms with E-state index in [1.807, 2.05) is 18.2 Å². The molecule has 0 radical (unpaired) electrons. The lowest BCUT2D eigenvalue weighted by Crippen LogP contribution is -2.04. The number of hydrogen-bond acceptors (Lipinski definition) is 5. The molecule has 0 aliphatic rings. The zero-order valence-electron chi connectivity index (χ0n) is 10.2. The molecule has 0 saturated heterocycles. The van der Waals surface area contributed by atoms with E-state index in [4.69, 9.17) is 22.1 Å². The second-order valence-electron chi connectivity index (χ2n) is 3.78. The summed E-state index contributed by atoms with van der Waals surface area (Å²) >= 11 is 8.35. The van der Waals surface area contributed by atoms with Crippen molar-refractivity contribution >= 4 is 51.5 Å². The molecule has 19 heavy (non-hydrogen) atoms. The van der Waals surface area contributed by atoms with Crippen LogP contribution in [0, 0.1) is 3.57 Å². The van der Waals surface area contributed by atoms with Gasteiger partial charge >= 0.3 is 0 Å². The highest BCUT2D eigenvalue weighted by Crippen LogP contribution is 2.26. The average molecular weight is 391 g/mol. The lowest BCUT2D eigenvalue weighted by Gasteiger charge is -2.09. The van der Waals surface area contributed by atoms with Crippen molar-refractivity contribution in [3.63, 3.8) is 0 Å². The molecule has 3 N–H and O–H groups in total. The first-order valence-electron chi connectivity index (χ1n) is 5.43. The summed E-state index contributed by atoms with van der Waals surface area (Å²) in [5.41, 5.74) is 6.49. The van der Waals surface area contributed by atoms with Gasteiger partial charge in [0.05, 0.1) is 10.7 Å². The van der Waals surface area contributed by atoms with Crippen LogP contribution in [0.3, 0.4) is 0 Å². The van der Waals surface area contributed by atoms with Gasteiger partial charge in [-0.05, 0) is 40.8 Å². The second kappa shape index (κ2) is 6.36. The molecule has 1 heterocycles. The molecule has 2 rings (SSSR count). The van der Waals surface area contributed by atoms with Crippen LogP contribution in [-0.2, 0) is 11.3 Å². The number of aromatic nitrogens is 2. The number of nitrogens with one attached hydrogen (secondary N) is 1. The molecular weight excluding hydrogens is 379 g/mol. The third-order valence-corrected chi connectivity index (χ3v) is 3.24. The predicted molar refractivity (Wildman–Crippen MR) is 84.6 cm³/mol. The summed E-state index contributed by atoms with van der Waals surface area (Å²) in [4.78, 5) is 8.36. The van der Waals surface area contributed by atoms with Crippen LogP contribution in [0.1, 0.15) is 5.82 Å². The Balaban J connectivity index is 2.27. The quantitative estimate of drug-likeness (QED) is 0.784. The minimum Gasteiger partial charge on any atom is -0.384 e. The molecule has 0 amide bonds. The van der Waals surface area contributed by atoms with E-state index >= 15 is 0 Å². The Hall–Kier alpha value is -1.12. The Labute approximate surface area is 129 Å². The fourth-order valence-electron chi connectivity index (χ4n) is 1.50. The van der Waals surface area contributed by atoms with E-state index in [0.717, 1.165) is 9.26 Å². The van der Waals surface area contributed by atoms with Gasteiger partial charge < -0.3 is 15.8 Å². The lowest BCUT2D eigenvalue weighted by atomic mass is 10.3. The van der Waals surface area contributed by atoms with Gasteiger partial charge in [-0.2, -0.15) is 0 Å². The van der Waals surface area contributed by atoms with E-state index in [2.05, 4.69) is 37.9 Å². The minimum absolute atomic E-state index is 0.306. The molecule has 2 aromatic rings. The maximum absolute atomic E-state index is 6.15. The van der Waals surface area contributed by atoms with E-state index in [1.54, 1.807) is 13.2 Å². The van der Waals surface area contributed by atoms with E-state index in [9.17, 15) is 0 Å². The van der Waals surface area contributed by atoms with Crippen LogP contribution >= 0.6 is 34.2 Å². The zero-order chi connectivity index (χ0) is 13.8. The van der Waals surface area contributed by atoms with Crippen molar-refractivity contribution in [2.24, 2.45) is 0 Å². The predicted octanol–water partition coefficient (Wildman–Crippen LogP) is 3.21. The average Bonchev–Trinajstić information content (AvgIpc) is 2.32. The molecule has 0 spiro atoms. The molecule has 1 aromatic heterocycles. The number of anilines is 3. The first-order valence-corrected chi connectivity index (χ1v) is 6.88. The van der Waals surface area contributed by atoms with Gasteiger partial charge in [0.1, 0.15) is 18.2 Å². The summed E-state index contributed by atoms with van der Waals surface area (Å²) < 4.78 is 6.06. The molecule has 7 heteroatoms.